The SMILES string of the molecule is COc1cc(C=C2SC(=S)N(C)C2=O)ccc1OC(C)c1ccccc1. The molecule has 1 heterocycles. The smallest absolute Gasteiger partial charge is 0.265 e. The van der Waals surface area contributed by atoms with E-state index in [0.29, 0.717) is 20.7 Å². The Bertz CT molecular complexity index is 865. The lowest BCUT2D eigenvalue weighted by Gasteiger charge is -2.17. The van der Waals surface area contributed by atoms with E-state index < -0.39 is 0 Å². The van der Waals surface area contributed by atoms with Crippen molar-refractivity contribution in [3.8, 4) is 11.5 Å². The van der Waals surface area contributed by atoms with Crippen molar-refractivity contribution in [2.45, 2.75) is 13.0 Å². The molecule has 0 spiro atoms. The van der Waals surface area contributed by atoms with Crippen LogP contribution in [-0.2, 0) is 4.79 Å². The van der Waals surface area contributed by atoms with Crippen molar-refractivity contribution < 1.29 is 14.3 Å². The van der Waals surface area contributed by atoms with Crippen LogP contribution in [0.1, 0.15) is 24.2 Å². The van der Waals surface area contributed by atoms with E-state index in [1.165, 1.54) is 16.7 Å². The minimum absolute atomic E-state index is 0.0861. The van der Waals surface area contributed by atoms with Crippen LogP contribution in [0.2, 0.25) is 0 Å². The lowest BCUT2D eigenvalue weighted by Crippen LogP contribution is -2.22. The highest BCUT2D eigenvalue weighted by Crippen LogP contribution is 2.35. The number of benzene rings is 2. The summed E-state index contributed by atoms with van der Waals surface area (Å²) in [5.41, 5.74) is 1.95. The Balaban J connectivity index is 1.82. The topological polar surface area (TPSA) is 38.8 Å². The highest BCUT2D eigenvalue weighted by molar-refractivity contribution is 8.26. The average molecular weight is 386 g/mol. The molecule has 1 fully saturated rings. The van der Waals surface area contributed by atoms with Gasteiger partial charge in [0.05, 0.1) is 12.0 Å². The van der Waals surface area contributed by atoms with Gasteiger partial charge < -0.3 is 9.47 Å². The number of rotatable bonds is 5. The van der Waals surface area contributed by atoms with E-state index in [1.54, 1.807) is 14.2 Å². The number of nitrogens with zero attached hydrogens (tertiary/aromatic N) is 1. The molecule has 26 heavy (non-hydrogen) atoms. The molecule has 0 N–H and O–H groups in total. The number of likely N-dealkylation sites (N-methyl/N-ethyl adjacent to an activating group) is 1. The molecular formula is C20H19NO3S2. The minimum Gasteiger partial charge on any atom is -0.493 e. The van der Waals surface area contributed by atoms with Crippen molar-refractivity contribution in [3.05, 3.63) is 64.6 Å². The number of thioether (sulfide) groups is 1. The average Bonchev–Trinajstić information content (AvgIpc) is 2.90. The number of ether oxygens (including phenoxy) is 2. The number of thiocarbonyl (C=S) groups is 1. The van der Waals surface area contributed by atoms with Gasteiger partial charge in [0.15, 0.2) is 11.5 Å². The number of amides is 1. The van der Waals surface area contributed by atoms with Crippen molar-refractivity contribution in [1.29, 1.82) is 0 Å². The molecule has 1 atom stereocenters. The van der Waals surface area contributed by atoms with Gasteiger partial charge in [0, 0.05) is 7.05 Å². The fourth-order valence-corrected chi connectivity index (χ4v) is 3.73. The van der Waals surface area contributed by atoms with Crippen molar-refractivity contribution in [2.24, 2.45) is 0 Å². The summed E-state index contributed by atoms with van der Waals surface area (Å²) < 4.78 is 12.1. The maximum Gasteiger partial charge on any atom is 0.265 e. The van der Waals surface area contributed by atoms with Gasteiger partial charge in [-0.1, -0.05) is 60.4 Å². The summed E-state index contributed by atoms with van der Waals surface area (Å²) >= 11 is 6.46. The zero-order chi connectivity index (χ0) is 18.7. The second-order valence-electron chi connectivity index (χ2n) is 5.82. The summed E-state index contributed by atoms with van der Waals surface area (Å²) in [5, 5.41) is 0. The molecule has 0 saturated carbocycles. The summed E-state index contributed by atoms with van der Waals surface area (Å²) in [6.07, 6.45) is 1.71. The summed E-state index contributed by atoms with van der Waals surface area (Å²) in [4.78, 5) is 14.2. The lowest BCUT2D eigenvalue weighted by molar-refractivity contribution is -0.121. The molecule has 4 nitrogen and oxygen atoms in total. The first-order valence-corrected chi connectivity index (χ1v) is 9.33. The Hall–Kier alpha value is -2.31. The highest BCUT2D eigenvalue weighted by Gasteiger charge is 2.28. The Morgan fingerprint density at radius 2 is 1.88 bits per heavy atom. The maximum absolute atomic E-state index is 12.1. The van der Waals surface area contributed by atoms with E-state index in [-0.39, 0.29) is 12.0 Å². The Labute approximate surface area is 162 Å². The van der Waals surface area contributed by atoms with Crippen LogP contribution in [-0.4, -0.2) is 29.3 Å². The molecule has 0 aliphatic carbocycles. The molecule has 1 aliphatic heterocycles. The molecule has 1 unspecified atom stereocenters. The lowest BCUT2D eigenvalue weighted by atomic mass is 10.1. The van der Waals surface area contributed by atoms with E-state index in [2.05, 4.69) is 0 Å². The number of carbonyl (C=O) groups is 1. The van der Waals surface area contributed by atoms with Gasteiger partial charge in [-0.15, -0.1) is 0 Å². The summed E-state index contributed by atoms with van der Waals surface area (Å²) in [6, 6.07) is 15.6. The molecule has 2 aromatic carbocycles. The van der Waals surface area contributed by atoms with Crippen molar-refractivity contribution in [2.75, 3.05) is 14.2 Å². The van der Waals surface area contributed by atoms with Crippen LogP contribution >= 0.6 is 24.0 Å². The Kier molecular flexibility index (Phi) is 5.64. The van der Waals surface area contributed by atoms with E-state index in [4.69, 9.17) is 21.7 Å². The Morgan fingerprint density at radius 1 is 1.15 bits per heavy atom. The standard InChI is InChI=1S/C20H19NO3S2/c1-13(15-7-5-4-6-8-15)24-16-10-9-14(11-17(16)23-3)12-18-19(22)21(2)20(25)26-18/h4-13H,1-3H3. The van der Waals surface area contributed by atoms with Gasteiger partial charge in [-0.25, -0.2) is 0 Å². The molecule has 0 bridgehead atoms. The molecule has 6 heteroatoms. The monoisotopic (exact) mass is 385 g/mol. The first kappa shape index (κ1) is 18.5. The van der Waals surface area contributed by atoms with Crippen LogP contribution in [0.3, 0.4) is 0 Å². The van der Waals surface area contributed by atoms with Crippen molar-refractivity contribution in [3.63, 3.8) is 0 Å². The normalized spacial score (nSPS) is 16.9. The van der Waals surface area contributed by atoms with E-state index in [0.717, 1.165) is 11.1 Å². The third-order valence-corrected chi connectivity index (χ3v) is 5.53. The predicted molar refractivity (Wildman–Crippen MR) is 109 cm³/mol. The van der Waals surface area contributed by atoms with Crippen LogP contribution in [0.25, 0.3) is 6.08 Å². The largest absolute Gasteiger partial charge is 0.493 e. The van der Waals surface area contributed by atoms with Gasteiger partial charge in [0.1, 0.15) is 10.4 Å². The van der Waals surface area contributed by atoms with Crippen LogP contribution in [0, 0.1) is 0 Å². The fraction of sp³-hybridized carbons (Fsp3) is 0.200. The second-order valence-corrected chi connectivity index (χ2v) is 7.50. The highest BCUT2D eigenvalue weighted by atomic mass is 32.2. The molecule has 2 aromatic rings. The first-order chi connectivity index (χ1) is 12.5. The quantitative estimate of drug-likeness (QED) is 0.553. The molecule has 0 radical (unpaired) electrons. The van der Waals surface area contributed by atoms with Crippen LogP contribution in [0.4, 0.5) is 0 Å². The first-order valence-electron chi connectivity index (χ1n) is 8.11. The minimum atomic E-state index is -0.104. The van der Waals surface area contributed by atoms with Crippen LogP contribution in [0.5, 0.6) is 11.5 Å². The summed E-state index contributed by atoms with van der Waals surface area (Å²) in [5.74, 6) is 1.19. The zero-order valence-electron chi connectivity index (χ0n) is 14.8. The number of carbonyl (C=O) groups excluding carboxylic acids is 1. The van der Waals surface area contributed by atoms with Crippen molar-refractivity contribution >= 4 is 40.3 Å². The molecule has 134 valence electrons. The molecule has 1 saturated heterocycles. The van der Waals surface area contributed by atoms with E-state index >= 15 is 0 Å². The molecular weight excluding hydrogens is 366 g/mol. The van der Waals surface area contributed by atoms with Gasteiger partial charge in [0.25, 0.3) is 5.91 Å². The van der Waals surface area contributed by atoms with Gasteiger partial charge in [0.2, 0.25) is 0 Å². The number of hydrogen-bond acceptors (Lipinski definition) is 5. The molecule has 0 aromatic heterocycles. The predicted octanol–water partition coefficient (Wildman–Crippen LogP) is 4.67. The zero-order valence-corrected chi connectivity index (χ0v) is 16.4. The maximum atomic E-state index is 12.1. The van der Waals surface area contributed by atoms with Gasteiger partial charge in [-0.2, -0.15) is 0 Å². The number of methoxy groups -OCH3 is 1. The van der Waals surface area contributed by atoms with Crippen LogP contribution in [0.15, 0.2) is 53.4 Å². The fourth-order valence-electron chi connectivity index (χ4n) is 2.55. The van der Waals surface area contributed by atoms with Gasteiger partial charge in [-0.3, -0.25) is 9.69 Å². The van der Waals surface area contributed by atoms with Gasteiger partial charge in [-0.05, 0) is 36.3 Å². The summed E-state index contributed by atoms with van der Waals surface area (Å²) in [7, 11) is 3.28. The third kappa shape index (κ3) is 3.92. The van der Waals surface area contributed by atoms with E-state index in [1.807, 2.05) is 61.5 Å². The van der Waals surface area contributed by atoms with Gasteiger partial charge >= 0.3 is 0 Å². The molecule has 3 rings (SSSR count). The number of hydrogen-bond donors (Lipinski definition) is 0. The van der Waals surface area contributed by atoms with Crippen molar-refractivity contribution in [1.82, 2.24) is 4.90 Å². The van der Waals surface area contributed by atoms with Crippen LogP contribution < -0.4 is 9.47 Å². The Morgan fingerprint density at radius 3 is 2.50 bits per heavy atom. The third-order valence-electron chi connectivity index (χ3n) is 4.04. The molecule has 1 aliphatic rings. The second kappa shape index (κ2) is 7.93. The summed E-state index contributed by atoms with van der Waals surface area (Å²) in [6.45, 7) is 2.00. The van der Waals surface area contributed by atoms with E-state index in [9.17, 15) is 4.79 Å². The molecule has 1 amide bonds.